The Morgan fingerprint density at radius 2 is 2.11 bits per heavy atom. The van der Waals surface area contributed by atoms with Crippen molar-refractivity contribution in [2.45, 2.75) is 31.4 Å². The first-order chi connectivity index (χ1) is 17.3. The van der Waals surface area contributed by atoms with Crippen LogP contribution in [-0.4, -0.2) is 53.3 Å². The normalized spacial score (nSPS) is 14.5. The minimum Gasteiger partial charge on any atom is -0.449 e. The average Bonchev–Trinajstić information content (AvgIpc) is 3.58. The number of nitrogens with two attached hydrogens (primary N) is 1. The lowest BCUT2D eigenvalue weighted by Crippen LogP contribution is -2.30. The summed E-state index contributed by atoms with van der Waals surface area (Å²) in [5.74, 6) is 0.859. The third kappa shape index (κ3) is 4.41. The van der Waals surface area contributed by atoms with Gasteiger partial charge in [-0.15, -0.1) is 11.3 Å². The van der Waals surface area contributed by atoms with Gasteiger partial charge in [0.25, 0.3) is 10.0 Å². The summed E-state index contributed by atoms with van der Waals surface area (Å²) in [5.41, 5.74) is 10.6. The summed E-state index contributed by atoms with van der Waals surface area (Å²) < 4.78 is 35.4. The highest BCUT2D eigenvalue weighted by atomic mass is 32.2. The lowest BCUT2D eigenvalue weighted by molar-refractivity contribution is 0.446. The van der Waals surface area contributed by atoms with Gasteiger partial charge in [-0.05, 0) is 37.1 Å². The summed E-state index contributed by atoms with van der Waals surface area (Å²) in [6.07, 6.45) is 8.41. The number of hydrogen-bond donors (Lipinski definition) is 3. The number of imidazole rings is 1. The van der Waals surface area contributed by atoms with Crippen molar-refractivity contribution in [2.24, 2.45) is 0 Å². The molecule has 0 fully saturated rings. The van der Waals surface area contributed by atoms with E-state index in [2.05, 4.69) is 21.7 Å². The van der Waals surface area contributed by atoms with Gasteiger partial charge in [-0.2, -0.15) is 4.31 Å². The third-order valence-electron chi connectivity index (χ3n) is 6.16. The number of rotatable bonds is 8. The summed E-state index contributed by atoms with van der Waals surface area (Å²) in [4.78, 5) is 9.51. The van der Waals surface area contributed by atoms with Gasteiger partial charge in [0, 0.05) is 37.5 Å². The Kier molecular flexibility index (Phi) is 6.60. The number of aryl methyl sites for hydroxylation is 1. The van der Waals surface area contributed by atoms with E-state index in [9.17, 15) is 8.42 Å². The zero-order valence-corrected chi connectivity index (χ0v) is 22.0. The molecule has 4 aromatic rings. The number of aromatic nitrogens is 3. The van der Waals surface area contributed by atoms with Crippen LogP contribution in [0.3, 0.4) is 0 Å². The highest BCUT2D eigenvalue weighted by molar-refractivity contribution is 7.91. The minimum atomic E-state index is -3.57. The predicted octanol–water partition coefficient (Wildman–Crippen LogP) is 4.09. The van der Waals surface area contributed by atoms with Gasteiger partial charge < -0.3 is 20.8 Å². The molecule has 0 amide bonds. The van der Waals surface area contributed by atoms with Gasteiger partial charge in [0.15, 0.2) is 17.3 Å². The van der Waals surface area contributed by atoms with Crippen molar-refractivity contribution in [2.75, 3.05) is 37.2 Å². The number of sulfonamides is 1. The van der Waals surface area contributed by atoms with Crippen molar-refractivity contribution in [1.82, 2.24) is 24.0 Å². The molecular formula is C24H29N7O3S2. The van der Waals surface area contributed by atoms with Gasteiger partial charge in [0.1, 0.15) is 10.5 Å². The van der Waals surface area contributed by atoms with E-state index in [0.717, 1.165) is 35.5 Å². The Hall–Kier alpha value is -3.19. The Morgan fingerprint density at radius 1 is 1.31 bits per heavy atom. The van der Waals surface area contributed by atoms with E-state index >= 15 is 0 Å². The molecular weight excluding hydrogens is 498 g/mol. The highest BCUT2D eigenvalue weighted by Crippen LogP contribution is 2.36. The molecule has 0 bridgehead atoms. The average molecular weight is 528 g/mol. The molecule has 0 aliphatic carbocycles. The first-order valence-electron chi connectivity index (χ1n) is 11.8. The SMILES string of the molecule is CCN(CC)S(=O)(=O)c1sc(Nc2nc(C3=CCCNC3)cn3c(-c4coc(N)c4)cnc23)cc1C. The standard InChI is InChI=1S/C24H29N7O3S2/c1-4-30(5-2)36(32,33)24-15(3)9-21(35-24)29-22-23-27-12-19(17-10-20(25)34-14-17)31(23)13-18(28-22)16-7-6-8-26-11-16/h7,9-10,12-14,26H,4-6,8,11,25H2,1-3H3,(H,28,29). The zero-order valence-electron chi connectivity index (χ0n) is 20.4. The van der Waals surface area contributed by atoms with Gasteiger partial charge in [0.05, 0.1) is 22.6 Å². The van der Waals surface area contributed by atoms with E-state index in [1.54, 1.807) is 18.5 Å². The number of nitrogens with zero attached hydrogens (tertiary/aromatic N) is 4. The summed E-state index contributed by atoms with van der Waals surface area (Å²) in [5, 5.41) is 7.42. The Balaban J connectivity index is 1.60. The van der Waals surface area contributed by atoms with E-state index in [1.807, 2.05) is 37.4 Å². The molecule has 4 aromatic heterocycles. The molecule has 36 heavy (non-hydrogen) atoms. The van der Waals surface area contributed by atoms with Crippen LogP contribution in [0.15, 0.2) is 45.5 Å². The molecule has 0 saturated carbocycles. The molecule has 0 saturated heterocycles. The molecule has 0 radical (unpaired) electrons. The molecule has 12 heteroatoms. The molecule has 0 aromatic carbocycles. The maximum Gasteiger partial charge on any atom is 0.252 e. The van der Waals surface area contributed by atoms with Crippen LogP contribution in [0.4, 0.5) is 16.7 Å². The van der Waals surface area contributed by atoms with Crippen molar-refractivity contribution in [3.63, 3.8) is 0 Å². The molecule has 0 atom stereocenters. The zero-order chi connectivity index (χ0) is 25.4. The number of nitrogens with one attached hydrogen (secondary N) is 2. The number of furan rings is 1. The number of thiophene rings is 1. The van der Waals surface area contributed by atoms with Crippen molar-refractivity contribution < 1.29 is 12.8 Å². The molecule has 1 aliphatic rings. The summed E-state index contributed by atoms with van der Waals surface area (Å²) in [7, 11) is -3.57. The van der Waals surface area contributed by atoms with E-state index in [4.69, 9.17) is 15.1 Å². The fourth-order valence-electron chi connectivity index (χ4n) is 4.35. The van der Waals surface area contributed by atoms with Gasteiger partial charge >= 0.3 is 0 Å². The number of hydrogen-bond acceptors (Lipinski definition) is 9. The molecule has 5 heterocycles. The lowest BCUT2D eigenvalue weighted by Gasteiger charge is -2.17. The van der Waals surface area contributed by atoms with Crippen LogP contribution in [0, 0.1) is 6.92 Å². The van der Waals surface area contributed by atoms with E-state index in [-0.39, 0.29) is 0 Å². The van der Waals surface area contributed by atoms with Gasteiger partial charge in [0.2, 0.25) is 0 Å². The highest BCUT2D eigenvalue weighted by Gasteiger charge is 2.27. The largest absolute Gasteiger partial charge is 0.449 e. The first-order valence-corrected chi connectivity index (χ1v) is 14.1. The fraction of sp³-hybridized carbons (Fsp3) is 0.333. The second-order valence-electron chi connectivity index (χ2n) is 8.54. The van der Waals surface area contributed by atoms with E-state index in [1.165, 1.54) is 15.6 Å². The van der Waals surface area contributed by atoms with Crippen LogP contribution in [-0.2, 0) is 10.0 Å². The predicted molar refractivity (Wildman–Crippen MR) is 143 cm³/mol. The first kappa shape index (κ1) is 24.5. The number of fused-ring (bicyclic) bond motifs is 1. The fourth-order valence-corrected chi connectivity index (χ4v) is 7.54. The topological polar surface area (TPSA) is 131 Å². The molecule has 10 nitrogen and oxygen atoms in total. The van der Waals surface area contributed by atoms with Crippen molar-refractivity contribution in [3.8, 4) is 11.3 Å². The second kappa shape index (κ2) is 9.69. The van der Waals surface area contributed by atoms with Crippen molar-refractivity contribution in [1.29, 1.82) is 0 Å². The monoisotopic (exact) mass is 527 g/mol. The number of nitrogen functional groups attached to an aromatic ring is 1. The van der Waals surface area contributed by atoms with Crippen LogP contribution in [0.2, 0.25) is 0 Å². The van der Waals surface area contributed by atoms with Gasteiger partial charge in [-0.1, -0.05) is 19.9 Å². The molecule has 0 spiro atoms. The van der Waals surface area contributed by atoms with Crippen LogP contribution in [0.5, 0.6) is 0 Å². The van der Waals surface area contributed by atoms with Crippen LogP contribution in [0.1, 0.15) is 31.5 Å². The summed E-state index contributed by atoms with van der Waals surface area (Å²) >= 11 is 1.20. The number of anilines is 3. The maximum absolute atomic E-state index is 13.2. The van der Waals surface area contributed by atoms with Crippen molar-refractivity contribution >= 4 is 49.3 Å². The second-order valence-corrected chi connectivity index (χ2v) is 11.7. The third-order valence-corrected chi connectivity index (χ3v) is 9.97. The smallest absolute Gasteiger partial charge is 0.252 e. The Bertz CT molecular complexity index is 1540. The van der Waals surface area contributed by atoms with Gasteiger partial charge in [-0.3, -0.25) is 4.40 Å². The lowest BCUT2D eigenvalue weighted by atomic mass is 10.1. The Labute approximate surface area is 213 Å². The summed E-state index contributed by atoms with van der Waals surface area (Å²) in [6, 6.07) is 3.60. The quantitative estimate of drug-likeness (QED) is 0.312. The van der Waals surface area contributed by atoms with E-state index in [0.29, 0.717) is 51.8 Å². The molecule has 5 rings (SSSR count). The summed E-state index contributed by atoms with van der Waals surface area (Å²) in [6.45, 7) is 7.97. The maximum atomic E-state index is 13.2. The molecule has 0 unspecified atom stereocenters. The minimum absolute atomic E-state index is 0.322. The Morgan fingerprint density at radius 3 is 2.78 bits per heavy atom. The molecule has 4 N–H and O–H groups in total. The van der Waals surface area contributed by atoms with Crippen LogP contribution >= 0.6 is 11.3 Å². The van der Waals surface area contributed by atoms with Crippen LogP contribution < -0.4 is 16.4 Å². The van der Waals surface area contributed by atoms with Crippen molar-refractivity contribution in [3.05, 3.63) is 48.1 Å². The van der Waals surface area contributed by atoms with Gasteiger partial charge in [-0.25, -0.2) is 18.4 Å². The van der Waals surface area contributed by atoms with E-state index < -0.39 is 10.0 Å². The molecule has 190 valence electrons. The van der Waals surface area contributed by atoms with Crippen LogP contribution in [0.25, 0.3) is 22.5 Å². The molecule has 1 aliphatic heterocycles.